The molecule has 0 saturated heterocycles. The van der Waals surface area contributed by atoms with E-state index >= 15 is 0 Å². The molecule has 3 aromatic heterocycles. The molecule has 0 spiro atoms. The summed E-state index contributed by atoms with van der Waals surface area (Å²) in [7, 11) is 0. The molecule has 40 heavy (non-hydrogen) atoms. The van der Waals surface area contributed by atoms with E-state index < -0.39 is 0 Å². The number of rotatable bonds is 4. The van der Waals surface area contributed by atoms with Crippen molar-refractivity contribution in [2.45, 2.75) is 0 Å². The number of aromatic nitrogens is 4. The van der Waals surface area contributed by atoms with E-state index in [0.717, 1.165) is 61.1 Å². The first kappa shape index (κ1) is 22.4. The Kier molecular flexibility index (Phi) is 5.03. The molecule has 0 radical (unpaired) electrons. The van der Waals surface area contributed by atoms with Crippen molar-refractivity contribution in [1.82, 2.24) is 19.9 Å². The Balaban J connectivity index is 1.17. The fourth-order valence-electron chi connectivity index (χ4n) is 4.95. The smallest absolute Gasteiger partial charge is 0.227 e. The minimum atomic E-state index is 0.590. The second kappa shape index (κ2) is 8.99. The van der Waals surface area contributed by atoms with Crippen molar-refractivity contribution in [3.63, 3.8) is 0 Å². The third-order valence-electron chi connectivity index (χ3n) is 6.99. The molecule has 0 bridgehead atoms. The lowest BCUT2D eigenvalue weighted by atomic mass is 10.0. The maximum Gasteiger partial charge on any atom is 0.227 e. The maximum absolute atomic E-state index is 5.96. The second-order valence-electron chi connectivity index (χ2n) is 9.54. The van der Waals surface area contributed by atoms with Crippen molar-refractivity contribution in [2.75, 3.05) is 0 Å². The normalized spacial score (nSPS) is 11.5. The van der Waals surface area contributed by atoms with Gasteiger partial charge < -0.3 is 8.83 Å². The number of hydrogen-bond donors (Lipinski definition) is 0. The summed E-state index contributed by atoms with van der Waals surface area (Å²) in [5.74, 6) is 1.84. The largest absolute Gasteiger partial charge is 0.436 e. The standard InChI is InChI=1S/C34H20N4O2/c1-2-8-26-25(7-1)31(21-13-17-23(18-14-21)33-36-27-9-3-5-11-29(27)39-33)38-32(35-26)22-15-19-24(20-16-22)34-37-28-10-4-6-12-30(28)40-34/h1-20H. The van der Waals surface area contributed by atoms with Gasteiger partial charge in [-0.3, -0.25) is 0 Å². The topological polar surface area (TPSA) is 77.8 Å². The van der Waals surface area contributed by atoms with Gasteiger partial charge >= 0.3 is 0 Å². The minimum absolute atomic E-state index is 0.590. The number of nitrogens with zero attached hydrogens (tertiary/aromatic N) is 4. The zero-order valence-corrected chi connectivity index (χ0v) is 21.2. The fraction of sp³-hybridized carbons (Fsp3) is 0. The second-order valence-corrected chi connectivity index (χ2v) is 9.54. The van der Waals surface area contributed by atoms with Gasteiger partial charge in [0.1, 0.15) is 11.0 Å². The number of hydrogen-bond acceptors (Lipinski definition) is 6. The quantitative estimate of drug-likeness (QED) is 0.233. The van der Waals surface area contributed by atoms with E-state index in [2.05, 4.69) is 28.2 Å². The molecule has 0 atom stereocenters. The third-order valence-corrected chi connectivity index (χ3v) is 6.99. The van der Waals surface area contributed by atoms with Crippen LogP contribution in [0, 0.1) is 0 Å². The van der Waals surface area contributed by atoms with Crippen LogP contribution in [0.3, 0.4) is 0 Å². The zero-order chi connectivity index (χ0) is 26.5. The molecule has 0 aliphatic carbocycles. The Bertz CT molecular complexity index is 2090. The molecule has 0 fully saturated rings. The van der Waals surface area contributed by atoms with E-state index in [4.69, 9.17) is 18.8 Å². The molecule has 0 unspecified atom stereocenters. The van der Waals surface area contributed by atoms with E-state index in [9.17, 15) is 0 Å². The lowest BCUT2D eigenvalue weighted by Crippen LogP contribution is -1.95. The Morgan fingerprint density at radius 2 is 0.850 bits per heavy atom. The van der Waals surface area contributed by atoms with Gasteiger partial charge in [-0.05, 0) is 54.6 Å². The van der Waals surface area contributed by atoms with E-state index in [0.29, 0.717) is 17.6 Å². The molecule has 0 aliphatic heterocycles. The van der Waals surface area contributed by atoms with Gasteiger partial charge in [0.15, 0.2) is 17.0 Å². The minimum Gasteiger partial charge on any atom is -0.436 e. The summed E-state index contributed by atoms with van der Waals surface area (Å²) in [6.45, 7) is 0. The lowest BCUT2D eigenvalue weighted by molar-refractivity contribution is 0.619. The zero-order valence-electron chi connectivity index (χ0n) is 21.2. The van der Waals surface area contributed by atoms with Gasteiger partial charge in [-0.2, -0.15) is 0 Å². The Morgan fingerprint density at radius 3 is 1.43 bits per heavy atom. The molecule has 0 aliphatic rings. The summed E-state index contributed by atoms with van der Waals surface area (Å²) in [4.78, 5) is 19.1. The van der Waals surface area contributed by atoms with Crippen molar-refractivity contribution in [3.8, 4) is 45.6 Å². The summed E-state index contributed by atoms with van der Waals surface area (Å²) < 4.78 is 11.9. The highest BCUT2D eigenvalue weighted by molar-refractivity contribution is 5.94. The molecular weight excluding hydrogens is 496 g/mol. The number of para-hydroxylation sites is 5. The van der Waals surface area contributed by atoms with E-state index in [-0.39, 0.29) is 0 Å². The van der Waals surface area contributed by atoms with E-state index in [1.54, 1.807) is 0 Å². The van der Waals surface area contributed by atoms with Gasteiger partial charge in [0.25, 0.3) is 0 Å². The molecule has 0 amide bonds. The van der Waals surface area contributed by atoms with Crippen LogP contribution < -0.4 is 0 Å². The van der Waals surface area contributed by atoms with Gasteiger partial charge in [0.05, 0.1) is 11.2 Å². The average molecular weight is 517 g/mol. The summed E-state index contributed by atoms with van der Waals surface area (Å²) in [5, 5.41) is 0.990. The highest BCUT2D eigenvalue weighted by Gasteiger charge is 2.14. The molecule has 8 aromatic rings. The van der Waals surface area contributed by atoms with Crippen molar-refractivity contribution < 1.29 is 8.83 Å². The average Bonchev–Trinajstić information content (AvgIpc) is 3.66. The SMILES string of the molecule is c1ccc2oc(-c3ccc(-c4nc(-c5ccc(-c6nc7ccccc7o6)cc5)c5ccccc5n4)cc3)nc2c1. The Morgan fingerprint density at radius 1 is 0.375 bits per heavy atom. The van der Waals surface area contributed by atoms with Crippen LogP contribution in [0.1, 0.15) is 0 Å². The molecule has 6 heteroatoms. The molecule has 8 rings (SSSR count). The number of benzene rings is 5. The first-order valence-corrected chi connectivity index (χ1v) is 13.0. The van der Waals surface area contributed by atoms with Gasteiger partial charge in [-0.25, -0.2) is 19.9 Å². The summed E-state index contributed by atoms with van der Waals surface area (Å²) >= 11 is 0. The predicted molar refractivity (Wildman–Crippen MR) is 156 cm³/mol. The summed E-state index contributed by atoms with van der Waals surface area (Å²) in [6, 6.07) is 39.8. The molecule has 0 saturated carbocycles. The van der Waals surface area contributed by atoms with Gasteiger partial charge in [-0.15, -0.1) is 0 Å². The highest BCUT2D eigenvalue weighted by atomic mass is 16.4. The van der Waals surface area contributed by atoms with Crippen molar-refractivity contribution in [2.24, 2.45) is 0 Å². The van der Waals surface area contributed by atoms with Crippen LogP contribution in [0.4, 0.5) is 0 Å². The number of oxazole rings is 2. The van der Waals surface area contributed by atoms with Crippen molar-refractivity contribution in [3.05, 3.63) is 121 Å². The van der Waals surface area contributed by atoms with E-state index in [1.807, 2.05) is 103 Å². The molecule has 6 nitrogen and oxygen atoms in total. The Hall–Kier alpha value is -5.62. The highest BCUT2D eigenvalue weighted by Crippen LogP contribution is 2.32. The van der Waals surface area contributed by atoms with Crippen LogP contribution in [0.15, 0.2) is 130 Å². The van der Waals surface area contributed by atoms with Gasteiger partial charge in [0, 0.05) is 27.6 Å². The van der Waals surface area contributed by atoms with Crippen LogP contribution >= 0.6 is 0 Å². The number of fused-ring (bicyclic) bond motifs is 3. The van der Waals surface area contributed by atoms with Crippen molar-refractivity contribution >= 4 is 33.1 Å². The monoisotopic (exact) mass is 516 g/mol. The van der Waals surface area contributed by atoms with Crippen LogP contribution in [0.25, 0.3) is 78.7 Å². The summed E-state index contributed by atoms with van der Waals surface area (Å²) in [6.07, 6.45) is 0. The van der Waals surface area contributed by atoms with E-state index in [1.165, 1.54) is 0 Å². The van der Waals surface area contributed by atoms with Crippen LogP contribution in [-0.4, -0.2) is 19.9 Å². The maximum atomic E-state index is 5.96. The molecule has 0 N–H and O–H groups in total. The van der Waals surface area contributed by atoms with Gasteiger partial charge in [0.2, 0.25) is 11.8 Å². The van der Waals surface area contributed by atoms with Crippen molar-refractivity contribution in [1.29, 1.82) is 0 Å². The first-order valence-electron chi connectivity index (χ1n) is 13.0. The fourth-order valence-corrected chi connectivity index (χ4v) is 4.95. The van der Waals surface area contributed by atoms with Gasteiger partial charge in [-0.1, -0.05) is 66.7 Å². The molecule has 5 aromatic carbocycles. The molecule has 188 valence electrons. The predicted octanol–water partition coefficient (Wildman–Crippen LogP) is 8.58. The molecular formula is C34H20N4O2. The lowest BCUT2D eigenvalue weighted by Gasteiger charge is -2.10. The molecule has 3 heterocycles. The van der Waals surface area contributed by atoms with Crippen LogP contribution in [0.5, 0.6) is 0 Å². The van der Waals surface area contributed by atoms with Crippen LogP contribution in [-0.2, 0) is 0 Å². The Labute approximate surface area is 228 Å². The first-order chi connectivity index (χ1) is 19.8. The van der Waals surface area contributed by atoms with Crippen LogP contribution in [0.2, 0.25) is 0 Å². The summed E-state index contributed by atoms with van der Waals surface area (Å²) in [5.41, 5.74) is 8.69. The third kappa shape index (κ3) is 3.82.